The molecule has 0 bridgehead atoms. The van der Waals surface area contributed by atoms with Crippen molar-refractivity contribution in [2.24, 2.45) is 5.92 Å². The minimum atomic E-state index is -0.444. The normalized spacial score (nSPS) is 17.3. The Morgan fingerprint density at radius 3 is 2.19 bits per heavy atom. The van der Waals surface area contributed by atoms with Crippen molar-refractivity contribution in [3.63, 3.8) is 0 Å². The zero-order valence-electron chi connectivity index (χ0n) is 16.7. The molecule has 1 heterocycles. The second kappa shape index (κ2) is 7.18. The molecule has 0 aromatic heterocycles. The Bertz CT molecular complexity index is 842. The van der Waals surface area contributed by atoms with Crippen molar-refractivity contribution < 1.29 is 14.3 Å². The summed E-state index contributed by atoms with van der Waals surface area (Å²) in [6.45, 7) is 10.8. The van der Waals surface area contributed by atoms with Gasteiger partial charge in [0.1, 0.15) is 5.75 Å². The van der Waals surface area contributed by atoms with Gasteiger partial charge in [0.05, 0.1) is 5.92 Å². The molecular weight excluding hydrogens is 338 g/mol. The van der Waals surface area contributed by atoms with E-state index in [1.54, 1.807) is 4.90 Å². The second-order valence-electron chi connectivity index (χ2n) is 8.45. The second-order valence-corrected chi connectivity index (χ2v) is 8.45. The van der Waals surface area contributed by atoms with E-state index in [0.717, 1.165) is 16.8 Å². The van der Waals surface area contributed by atoms with E-state index in [9.17, 15) is 9.59 Å². The first kappa shape index (κ1) is 19.2. The topological polar surface area (TPSA) is 46.6 Å². The van der Waals surface area contributed by atoms with E-state index in [0.29, 0.717) is 12.3 Å². The van der Waals surface area contributed by atoms with Gasteiger partial charge >= 0.3 is 5.97 Å². The van der Waals surface area contributed by atoms with Crippen molar-refractivity contribution in [3.8, 4) is 5.75 Å². The Labute approximate surface area is 161 Å². The molecule has 142 valence electrons. The number of hydrogen-bond acceptors (Lipinski definition) is 3. The van der Waals surface area contributed by atoms with Gasteiger partial charge in [-0.25, -0.2) is 0 Å². The van der Waals surface area contributed by atoms with Gasteiger partial charge in [0.15, 0.2) is 0 Å². The number of hydrogen-bond donors (Lipinski definition) is 0. The molecule has 0 spiro atoms. The van der Waals surface area contributed by atoms with Crippen LogP contribution < -0.4 is 9.64 Å². The number of nitrogens with zero attached hydrogens (tertiary/aromatic N) is 1. The molecule has 1 atom stereocenters. The number of rotatable bonds is 3. The molecule has 0 aliphatic carbocycles. The Hall–Kier alpha value is -2.62. The van der Waals surface area contributed by atoms with Gasteiger partial charge in [0, 0.05) is 18.7 Å². The summed E-state index contributed by atoms with van der Waals surface area (Å²) in [7, 11) is 0. The smallest absolute Gasteiger partial charge is 0.316 e. The summed E-state index contributed by atoms with van der Waals surface area (Å²) in [5, 5.41) is 0. The summed E-state index contributed by atoms with van der Waals surface area (Å²) in [6, 6.07) is 13.6. The maximum absolute atomic E-state index is 12.6. The third kappa shape index (κ3) is 4.38. The highest BCUT2D eigenvalue weighted by atomic mass is 16.5. The monoisotopic (exact) mass is 365 g/mol. The Morgan fingerprint density at radius 1 is 1.04 bits per heavy atom. The van der Waals surface area contributed by atoms with Crippen molar-refractivity contribution in [1.82, 2.24) is 0 Å². The summed E-state index contributed by atoms with van der Waals surface area (Å²) in [4.78, 5) is 26.7. The molecule has 1 saturated heterocycles. The fourth-order valence-corrected chi connectivity index (χ4v) is 3.44. The standard InChI is InChI=1S/C23H27NO3/c1-15-10-16(2)12-19(11-15)24-14-17(13-21(24)25)22(26)27-20-8-6-18(7-9-20)23(3,4)5/h6-12,17H,13-14H2,1-5H3/t17-/m0/s1. The number of amides is 1. The minimum absolute atomic E-state index is 0.0370. The Kier molecular flexibility index (Phi) is 5.09. The largest absolute Gasteiger partial charge is 0.426 e. The van der Waals surface area contributed by atoms with Gasteiger partial charge in [-0.1, -0.05) is 39.0 Å². The minimum Gasteiger partial charge on any atom is -0.426 e. The van der Waals surface area contributed by atoms with Gasteiger partial charge in [0.2, 0.25) is 5.91 Å². The summed E-state index contributed by atoms with van der Waals surface area (Å²) >= 11 is 0. The Balaban J connectivity index is 1.69. The van der Waals surface area contributed by atoms with Crippen LogP contribution >= 0.6 is 0 Å². The van der Waals surface area contributed by atoms with Crippen LogP contribution in [0.5, 0.6) is 5.75 Å². The van der Waals surface area contributed by atoms with Crippen LogP contribution in [0.3, 0.4) is 0 Å². The van der Waals surface area contributed by atoms with Crippen molar-refractivity contribution in [2.45, 2.75) is 46.5 Å². The van der Waals surface area contributed by atoms with E-state index < -0.39 is 5.92 Å². The van der Waals surface area contributed by atoms with Crippen molar-refractivity contribution in [3.05, 3.63) is 59.2 Å². The van der Waals surface area contributed by atoms with Crippen molar-refractivity contribution in [2.75, 3.05) is 11.4 Å². The van der Waals surface area contributed by atoms with Crippen LogP contribution in [0.2, 0.25) is 0 Å². The van der Waals surface area contributed by atoms with Crippen LogP contribution in [0.25, 0.3) is 0 Å². The highest BCUT2D eigenvalue weighted by Crippen LogP contribution is 2.29. The van der Waals surface area contributed by atoms with Crippen LogP contribution in [-0.2, 0) is 15.0 Å². The van der Waals surface area contributed by atoms with E-state index in [1.807, 2.05) is 50.2 Å². The Morgan fingerprint density at radius 2 is 1.63 bits per heavy atom. The average Bonchev–Trinajstić information content (AvgIpc) is 2.95. The van der Waals surface area contributed by atoms with Gasteiger partial charge in [-0.3, -0.25) is 9.59 Å². The summed E-state index contributed by atoms with van der Waals surface area (Å²) in [6.07, 6.45) is 0.186. The van der Waals surface area contributed by atoms with Crippen LogP contribution in [0.15, 0.2) is 42.5 Å². The van der Waals surface area contributed by atoms with E-state index in [4.69, 9.17) is 4.74 Å². The molecule has 1 amide bonds. The summed E-state index contributed by atoms with van der Waals surface area (Å²) in [5.74, 6) is -0.310. The lowest BCUT2D eigenvalue weighted by Crippen LogP contribution is -2.27. The molecule has 0 radical (unpaired) electrons. The number of ether oxygens (including phenoxy) is 1. The van der Waals surface area contributed by atoms with Gasteiger partial charge in [-0.05, 0) is 60.2 Å². The molecule has 2 aromatic carbocycles. The predicted molar refractivity (Wildman–Crippen MR) is 107 cm³/mol. The van der Waals surface area contributed by atoms with Crippen LogP contribution in [0, 0.1) is 19.8 Å². The van der Waals surface area contributed by atoms with E-state index in [2.05, 4.69) is 26.8 Å². The van der Waals surface area contributed by atoms with E-state index in [-0.39, 0.29) is 23.7 Å². The quantitative estimate of drug-likeness (QED) is 0.592. The molecule has 0 unspecified atom stereocenters. The zero-order chi connectivity index (χ0) is 19.8. The summed E-state index contributed by atoms with van der Waals surface area (Å²) < 4.78 is 5.53. The van der Waals surface area contributed by atoms with E-state index in [1.165, 1.54) is 5.56 Å². The van der Waals surface area contributed by atoms with Gasteiger partial charge in [-0.2, -0.15) is 0 Å². The fraction of sp³-hybridized carbons (Fsp3) is 0.391. The molecule has 1 fully saturated rings. The van der Waals surface area contributed by atoms with Gasteiger partial charge in [0.25, 0.3) is 0 Å². The van der Waals surface area contributed by atoms with Crippen molar-refractivity contribution in [1.29, 1.82) is 0 Å². The van der Waals surface area contributed by atoms with E-state index >= 15 is 0 Å². The molecule has 0 saturated carbocycles. The third-order valence-electron chi connectivity index (χ3n) is 4.92. The lowest BCUT2D eigenvalue weighted by atomic mass is 9.87. The molecule has 1 aliphatic rings. The molecular formula is C23H27NO3. The lowest BCUT2D eigenvalue weighted by Gasteiger charge is -2.19. The third-order valence-corrected chi connectivity index (χ3v) is 4.92. The molecule has 27 heavy (non-hydrogen) atoms. The van der Waals surface area contributed by atoms with Crippen LogP contribution in [0.1, 0.15) is 43.9 Å². The first-order valence-corrected chi connectivity index (χ1v) is 9.34. The average molecular weight is 365 g/mol. The highest BCUT2D eigenvalue weighted by Gasteiger charge is 2.36. The zero-order valence-corrected chi connectivity index (χ0v) is 16.7. The molecule has 4 heteroatoms. The number of carbonyl (C=O) groups excluding carboxylic acids is 2. The first-order chi connectivity index (χ1) is 12.6. The lowest BCUT2D eigenvalue weighted by molar-refractivity contribution is -0.139. The van der Waals surface area contributed by atoms with Gasteiger partial charge in [-0.15, -0.1) is 0 Å². The molecule has 1 aliphatic heterocycles. The number of benzene rings is 2. The van der Waals surface area contributed by atoms with Crippen LogP contribution in [-0.4, -0.2) is 18.4 Å². The molecule has 4 nitrogen and oxygen atoms in total. The number of anilines is 1. The SMILES string of the molecule is Cc1cc(C)cc(N2C[C@@H](C(=O)Oc3ccc(C(C)(C)C)cc3)CC2=O)c1. The predicted octanol–water partition coefficient (Wildman–Crippen LogP) is 4.56. The maximum Gasteiger partial charge on any atom is 0.316 e. The van der Waals surface area contributed by atoms with Crippen molar-refractivity contribution >= 4 is 17.6 Å². The molecule has 0 N–H and O–H groups in total. The van der Waals surface area contributed by atoms with Crippen LogP contribution in [0.4, 0.5) is 5.69 Å². The number of carbonyl (C=O) groups is 2. The highest BCUT2D eigenvalue weighted by molar-refractivity contribution is 5.99. The number of aryl methyl sites for hydroxylation is 2. The van der Waals surface area contributed by atoms with Gasteiger partial charge < -0.3 is 9.64 Å². The number of esters is 1. The maximum atomic E-state index is 12.6. The molecule has 2 aromatic rings. The first-order valence-electron chi connectivity index (χ1n) is 9.34. The summed E-state index contributed by atoms with van der Waals surface area (Å²) in [5.41, 5.74) is 4.28. The molecule has 3 rings (SSSR count). The fourth-order valence-electron chi connectivity index (χ4n) is 3.44.